The maximum atomic E-state index is 4.55. The summed E-state index contributed by atoms with van der Waals surface area (Å²) in [4.78, 5) is 4.55. The van der Waals surface area contributed by atoms with Crippen LogP contribution in [0.5, 0.6) is 0 Å². The van der Waals surface area contributed by atoms with E-state index in [4.69, 9.17) is 0 Å². The van der Waals surface area contributed by atoms with Gasteiger partial charge in [-0.2, -0.15) is 0 Å². The molecule has 1 heteroatoms. The van der Waals surface area contributed by atoms with Gasteiger partial charge < -0.3 is 0 Å². The van der Waals surface area contributed by atoms with Gasteiger partial charge in [-0.1, -0.05) is 44.4 Å². The summed E-state index contributed by atoms with van der Waals surface area (Å²) >= 11 is 0. The number of allylic oxidation sites excluding steroid dienone is 4. The van der Waals surface area contributed by atoms with E-state index in [1.807, 2.05) is 12.3 Å². The lowest BCUT2D eigenvalue weighted by molar-refractivity contribution is 0.281. The van der Waals surface area contributed by atoms with Crippen molar-refractivity contribution in [3.05, 3.63) is 47.8 Å². The van der Waals surface area contributed by atoms with Gasteiger partial charge in [0.1, 0.15) is 0 Å². The second-order valence-corrected chi connectivity index (χ2v) is 5.99. The predicted octanol–water partition coefficient (Wildman–Crippen LogP) is 5.16. The molecule has 2 aliphatic carbocycles. The summed E-state index contributed by atoms with van der Waals surface area (Å²) < 4.78 is 0. The van der Waals surface area contributed by atoms with Crippen molar-refractivity contribution in [1.29, 1.82) is 0 Å². The van der Waals surface area contributed by atoms with Gasteiger partial charge in [-0.05, 0) is 49.0 Å². The zero-order valence-electron chi connectivity index (χ0n) is 11.9. The van der Waals surface area contributed by atoms with Crippen LogP contribution >= 0.6 is 0 Å². The Morgan fingerprint density at radius 3 is 2.68 bits per heavy atom. The Kier molecular flexibility index (Phi) is 3.54. The molecule has 0 atom stereocenters. The van der Waals surface area contributed by atoms with E-state index in [1.165, 1.54) is 50.5 Å². The number of unbranched alkanes of at least 4 members (excludes halogenated alkanes) is 2. The van der Waals surface area contributed by atoms with Gasteiger partial charge in [-0.15, -0.1) is 0 Å². The fraction of sp³-hybridized carbons (Fsp3) is 0.500. The van der Waals surface area contributed by atoms with Crippen LogP contribution < -0.4 is 0 Å². The normalized spacial score (nSPS) is 20.1. The van der Waals surface area contributed by atoms with Crippen LogP contribution in [0.15, 0.2) is 42.1 Å². The number of pyridine rings is 1. The highest BCUT2D eigenvalue weighted by molar-refractivity contribution is 5.81. The number of hydrogen-bond donors (Lipinski definition) is 0. The average molecular weight is 253 g/mol. The molecule has 1 heterocycles. The Balaban J connectivity index is 1.83. The van der Waals surface area contributed by atoms with Gasteiger partial charge in [0.05, 0.1) is 5.69 Å². The van der Waals surface area contributed by atoms with Crippen LogP contribution in [0.3, 0.4) is 0 Å². The largest absolute Gasteiger partial charge is 0.256 e. The van der Waals surface area contributed by atoms with Gasteiger partial charge in [-0.3, -0.25) is 4.98 Å². The summed E-state index contributed by atoms with van der Waals surface area (Å²) in [7, 11) is 0. The van der Waals surface area contributed by atoms with Crippen LogP contribution in [-0.2, 0) is 0 Å². The Morgan fingerprint density at radius 2 is 2.05 bits per heavy atom. The first kappa shape index (κ1) is 12.7. The quantitative estimate of drug-likeness (QED) is 0.661. The molecule has 0 N–H and O–H groups in total. The van der Waals surface area contributed by atoms with Gasteiger partial charge in [0.25, 0.3) is 0 Å². The summed E-state index contributed by atoms with van der Waals surface area (Å²) in [5.74, 6) is 0. The molecule has 1 aromatic heterocycles. The monoisotopic (exact) mass is 253 g/mol. The Morgan fingerprint density at radius 1 is 1.16 bits per heavy atom. The second kappa shape index (κ2) is 5.32. The van der Waals surface area contributed by atoms with Crippen LogP contribution in [-0.4, -0.2) is 4.98 Å². The number of nitrogens with zero attached hydrogens (tertiary/aromatic N) is 1. The van der Waals surface area contributed by atoms with E-state index in [9.17, 15) is 0 Å². The summed E-state index contributed by atoms with van der Waals surface area (Å²) in [6, 6.07) is 6.24. The molecule has 1 fully saturated rings. The lowest BCUT2D eigenvalue weighted by atomic mass is 9.70. The van der Waals surface area contributed by atoms with Crippen molar-refractivity contribution in [1.82, 2.24) is 4.98 Å². The maximum absolute atomic E-state index is 4.55. The highest BCUT2D eigenvalue weighted by atomic mass is 14.7. The molecule has 1 nitrogen and oxygen atoms in total. The summed E-state index contributed by atoms with van der Waals surface area (Å²) in [6.07, 6.45) is 16.2. The molecule has 0 amide bonds. The first-order valence-corrected chi connectivity index (χ1v) is 7.69. The SMILES string of the molecule is CCCCCC1=CC2(C=C1c1ccccn1)CCC2. The van der Waals surface area contributed by atoms with Gasteiger partial charge in [0, 0.05) is 11.6 Å². The van der Waals surface area contributed by atoms with Crippen LogP contribution in [0.2, 0.25) is 0 Å². The molecule has 19 heavy (non-hydrogen) atoms. The zero-order chi connectivity index (χ0) is 13.1. The van der Waals surface area contributed by atoms with E-state index in [-0.39, 0.29) is 0 Å². The van der Waals surface area contributed by atoms with Gasteiger partial charge in [-0.25, -0.2) is 0 Å². The van der Waals surface area contributed by atoms with E-state index >= 15 is 0 Å². The van der Waals surface area contributed by atoms with E-state index in [1.54, 1.807) is 5.57 Å². The Labute approximate surface area is 116 Å². The zero-order valence-corrected chi connectivity index (χ0v) is 11.9. The van der Waals surface area contributed by atoms with Crippen molar-refractivity contribution in [2.75, 3.05) is 0 Å². The minimum absolute atomic E-state index is 0.397. The molecule has 0 unspecified atom stereocenters. The first-order valence-electron chi connectivity index (χ1n) is 7.69. The molecule has 2 aliphatic rings. The van der Waals surface area contributed by atoms with Crippen molar-refractivity contribution >= 4 is 5.57 Å². The molecule has 1 spiro atoms. The number of aromatic nitrogens is 1. The average Bonchev–Trinajstić information content (AvgIpc) is 2.80. The fourth-order valence-electron chi connectivity index (χ4n) is 3.25. The smallest absolute Gasteiger partial charge is 0.0701 e. The molecule has 0 aliphatic heterocycles. The third-order valence-electron chi connectivity index (χ3n) is 4.51. The Bertz CT molecular complexity index is 492. The minimum Gasteiger partial charge on any atom is -0.256 e. The number of rotatable bonds is 5. The standard InChI is InChI=1S/C18H23N/c1-2-3-4-8-15-13-18(10-7-11-18)14-16(15)17-9-5-6-12-19-17/h5-6,9,12-14H,2-4,7-8,10-11H2,1H3. The highest BCUT2D eigenvalue weighted by Gasteiger charge is 2.37. The second-order valence-electron chi connectivity index (χ2n) is 5.99. The van der Waals surface area contributed by atoms with Crippen molar-refractivity contribution in [3.63, 3.8) is 0 Å². The van der Waals surface area contributed by atoms with E-state index in [0.29, 0.717) is 5.41 Å². The molecule has 0 saturated heterocycles. The van der Waals surface area contributed by atoms with Gasteiger partial charge >= 0.3 is 0 Å². The number of hydrogen-bond acceptors (Lipinski definition) is 1. The van der Waals surface area contributed by atoms with Crippen LogP contribution in [0, 0.1) is 5.41 Å². The van der Waals surface area contributed by atoms with E-state index in [0.717, 1.165) is 5.69 Å². The molecular weight excluding hydrogens is 230 g/mol. The fourth-order valence-corrected chi connectivity index (χ4v) is 3.25. The van der Waals surface area contributed by atoms with Gasteiger partial charge in [0.2, 0.25) is 0 Å². The highest BCUT2D eigenvalue weighted by Crippen LogP contribution is 2.52. The van der Waals surface area contributed by atoms with E-state index < -0.39 is 0 Å². The lowest BCUT2D eigenvalue weighted by Gasteiger charge is -2.34. The predicted molar refractivity (Wildman–Crippen MR) is 80.7 cm³/mol. The summed E-state index contributed by atoms with van der Waals surface area (Å²) in [5, 5.41) is 0. The molecule has 0 bridgehead atoms. The minimum atomic E-state index is 0.397. The van der Waals surface area contributed by atoms with E-state index in [2.05, 4.69) is 36.2 Å². The van der Waals surface area contributed by atoms with Crippen molar-refractivity contribution in [2.45, 2.75) is 51.9 Å². The third kappa shape index (κ3) is 2.51. The van der Waals surface area contributed by atoms with Crippen LogP contribution in [0.25, 0.3) is 5.57 Å². The molecular formula is C18H23N. The van der Waals surface area contributed by atoms with Crippen molar-refractivity contribution in [2.24, 2.45) is 5.41 Å². The molecule has 100 valence electrons. The van der Waals surface area contributed by atoms with Crippen LogP contribution in [0.4, 0.5) is 0 Å². The van der Waals surface area contributed by atoms with Gasteiger partial charge in [0.15, 0.2) is 0 Å². The summed E-state index contributed by atoms with van der Waals surface area (Å²) in [6.45, 7) is 2.27. The topological polar surface area (TPSA) is 12.9 Å². The van der Waals surface area contributed by atoms with Crippen molar-refractivity contribution in [3.8, 4) is 0 Å². The third-order valence-corrected chi connectivity index (χ3v) is 4.51. The molecule has 1 saturated carbocycles. The molecule has 0 radical (unpaired) electrons. The summed E-state index contributed by atoms with van der Waals surface area (Å²) in [5.41, 5.74) is 4.52. The first-order chi connectivity index (χ1) is 9.33. The lowest BCUT2D eigenvalue weighted by Crippen LogP contribution is -2.22. The Hall–Kier alpha value is -1.37. The van der Waals surface area contributed by atoms with Crippen LogP contribution in [0.1, 0.15) is 57.6 Å². The molecule has 1 aromatic rings. The van der Waals surface area contributed by atoms with Crippen molar-refractivity contribution < 1.29 is 0 Å². The molecule has 3 rings (SSSR count). The maximum Gasteiger partial charge on any atom is 0.0701 e. The molecule has 0 aromatic carbocycles.